The van der Waals surface area contributed by atoms with Crippen LogP contribution in [-0.4, -0.2) is 61.2 Å². The maximum absolute atomic E-state index is 12.3. The number of unbranched alkanes of at least 4 members (excludes halogenated alkanes) is 1. The molecule has 63 heavy (non-hydrogen) atoms. The highest BCUT2D eigenvalue weighted by molar-refractivity contribution is 9.10. The summed E-state index contributed by atoms with van der Waals surface area (Å²) in [7, 11) is 0. The number of nitrogens with zero attached hydrogens (tertiary/aromatic N) is 4. The van der Waals surface area contributed by atoms with Gasteiger partial charge >= 0.3 is 0 Å². The van der Waals surface area contributed by atoms with Gasteiger partial charge in [0.25, 0.3) is 5.56 Å². The number of piperidine rings is 1. The average molecular weight is 914 g/mol. The average Bonchev–Trinajstić information content (AvgIpc) is 3.29. The first-order valence-electron chi connectivity index (χ1n) is 22.5. The number of rotatable bonds is 16. The lowest BCUT2D eigenvalue weighted by Gasteiger charge is -2.42. The van der Waals surface area contributed by atoms with Crippen LogP contribution in [-0.2, 0) is 23.9 Å². The molecule has 1 aliphatic heterocycles. The van der Waals surface area contributed by atoms with E-state index in [4.69, 9.17) is 0 Å². The molecule has 7 rings (SSSR count). The van der Waals surface area contributed by atoms with Gasteiger partial charge in [0.05, 0.1) is 6.10 Å². The molecular weight excluding hydrogens is 849 g/mol. The smallest absolute Gasteiger partial charge is 0.255 e. The number of H-pyrrole nitrogens is 1. The number of aromatic amines is 1. The third-order valence-electron chi connectivity index (χ3n) is 12.2. The Bertz CT molecular complexity index is 2320. The molecule has 10 heteroatoms. The molecule has 4 heterocycles. The summed E-state index contributed by atoms with van der Waals surface area (Å²) in [5, 5.41) is 25.9. The van der Waals surface area contributed by atoms with E-state index >= 15 is 0 Å². The van der Waals surface area contributed by atoms with Gasteiger partial charge in [-0.05, 0) is 151 Å². The van der Waals surface area contributed by atoms with E-state index in [-0.39, 0.29) is 16.9 Å². The number of aromatic nitrogens is 4. The van der Waals surface area contributed by atoms with Crippen molar-refractivity contribution >= 4 is 21.9 Å². The van der Waals surface area contributed by atoms with Gasteiger partial charge in [0.2, 0.25) is 5.95 Å². The number of anilines is 1. The summed E-state index contributed by atoms with van der Waals surface area (Å²) in [4.78, 5) is 30.6. The van der Waals surface area contributed by atoms with Crippen LogP contribution >= 0.6 is 15.9 Å². The van der Waals surface area contributed by atoms with Crippen LogP contribution in [0.1, 0.15) is 116 Å². The second-order valence-corrected chi connectivity index (χ2v) is 18.9. The molecule has 1 aliphatic rings. The van der Waals surface area contributed by atoms with Gasteiger partial charge in [-0.2, -0.15) is 0 Å². The molecule has 4 N–H and O–H groups in total. The summed E-state index contributed by atoms with van der Waals surface area (Å²) < 4.78 is 1.01. The first-order valence-corrected chi connectivity index (χ1v) is 23.3. The van der Waals surface area contributed by atoms with Crippen LogP contribution in [0.25, 0.3) is 0 Å². The van der Waals surface area contributed by atoms with E-state index in [1.807, 2.05) is 61.7 Å². The second kappa shape index (κ2) is 22.6. The molecule has 3 aromatic heterocycles. The van der Waals surface area contributed by atoms with Gasteiger partial charge in [-0.3, -0.25) is 19.7 Å². The predicted octanol–water partition coefficient (Wildman–Crippen LogP) is 10.4. The fourth-order valence-corrected chi connectivity index (χ4v) is 8.84. The number of nitrogens with one attached hydrogen (secondary N) is 2. The van der Waals surface area contributed by atoms with Crippen molar-refractivity contribution in [2.75, 3.05) is 31.5 Å². The van der Waals surface area contributed by atoms with E-state index in [1.54, 1.807) is 12.4 Å². The minimum absolute atomic E-state index is 0.118. The van der Waals surface area contributed by atoms with E-state index in [2.05, 4.69) is 128 Å². The fourth-order valence-electron chi connectivity index (χ4n) is 8.39. The van der Waals surface area contributed by atoms with E-state index in [1.165, 1.54) is 11.1 Å². The zero-order valence-electron chi connectivity index (χ0n) is 37.7. The Labute approximate surface area is 382 Å². The van der Waals surface area contributed by atoms with E-state index in [0.717, 1.165) is 109 Å². The molecule has 0 radical (unpaired) electrons. The topological polar surface area (TPSA) is 127 Å². The van der Waals surface area contributed by atoms with E-state index in [0.29, 0.717) is 17.9 Å². The van der Waals surface area contributed by atoms with Crippen LogP contribution < -0.4 is 10.9 Å². The normalized spacial score (nSPS) is 14.2. The van der Waals surface area contributed by atoms with Crippen LogP contribution in [0, 0.1) is 19.8 Å². The number of likely N-dealkylation sites (tertiary alicyclic amines) is 1. The Morgan fingerprint density at radius 2 is 1.48 bits per heavy atom. The largest absolute Gasteiger partial charge is 0.388 e. The Morgan fingerprint density at radius 3 is 2.06 bits per heavy atom. The Balaban J connectivity index is 0.000000215. The van der Waals surface area contributed by atoms with Crippen LogP contribution in [0.2, 0.25) is 0 Å². The van der Waals surface area contributed by atoms with Crippen LogP contribution in [0.4, 0.5) is 5.95 Å². The molecular formula is C53H65BrN6O3. The minimum atomic E-state index is -0.968. The molecule has 0 spiro atoms. The molecule has 3 aromatic carbocycles. The number of pyridine rings is 2. The summed E-state index contributed by atoms with van der Waals surface area (Å²) in [6.45, 7) is 14.3. The molecule has 1 fully saturated rings. The van der Waals surface area contributed by atoms with E-state index in [9.17, 15) is 15.0 Å². The summed E-state index contributed by atoms with van der Waals surface area (Å²) in [5.74, 6) is 0.684. The third kappa shape index (κ3) is 13.5. The fraction of sp³-hybridized carbons (Fsp3) is 0.396. The lowest BCUT2D eigenvalue weighted by atomic mass is 9.72. The number of aliphatic hydroxyl groups excluding tert-OH is 1. The molecule has 6 aromatic rings. The van der Waals surface area contributed by atoms with Crippen molar-refractivity contribution in [2.24, 2.45) is 5.92 Å². The summed E-state index contributed by atoms with van der Waals surface area (Å²) in [6, 6.07) is 34.7. The number of benzene rings is 3. The van der Waals surface area contributed by atoms with Gasteiger partial charge in [-0.15, -0.1) is 0 Å². The number of hydrogen-bond acceptors (Lipinski definition) is 8. The molecule has 9 nitrogen and oxygen atoms in total. The number of aryl methyl sites for hydroxylation is 3. The maximum atomic E-state index is 12.3. The molecule has 1 saturated heterocycles. The lowest BCUT2D eigenvalue weighted by Crippen LogP contribution is -2.44. The third-order valence-corrected chi connectivity index (χ3v) is 12.7. The summed E-state index contributed by atoms with van der Waals surface area (Å²) in [5.41, 5.74) is 8.22. The molecule has 0 aliphatic carbocycles. The van der Waals surface area contributed by atoms with Crippen LogP contribution in [0.15, 0.2) is 131 Å². The molecule has 0 saturated carbocycles. The van der Waals surface area contributed by atoms with Crippen molar-refractivity contribution < 1.29 is 10.2 Å². The standard InChI is InChI=1S/C32H41NO2.C21H24BrN5O/c1-31(2,3)26-18-16-25(17-19-26)30(34)15-10-22-33-23-20-29(21-24-33)32(35,27-11-6-4-7-12-27)28-13-8-5-9-14-28;1-14-9-18(22)13-25-19(14)5-3-4-8-23-21-26-12-17(20(28)27-21)10-16-7-6-15(2)24-11-16/h4-9,11-14,16-19,29-30,34-35H,10,15,20-24H2,1-3H3;6-7,9,11-13H,3-5,8,10H2,1-2H3,(H2,23,26,27,28). The monoisotopic (exact) mass is 912 g/mol. The number of aliphatic hydroxyl groups is 2. The molecule has 0 bridgehead atoms. The zero-order valence-corrected chi connectivity index (χ0v) is 39.2. The minimum Gasteiger partial charge on any atom is -0.388 e. The molecule has 1 unspecified atom stereocenters. The van der Waals surface area contributed by atoms with Crippen molar-refractivity contribution in [3.8, 4) is 0 Å². The Kier molecular flexibility index (Phi) is 17.0. The second-order valence-electron chi connectivity index (χ2n) is 18.0. The van der Waals surface area contributed by atoms with Gasteiger partial charge in [-0.1, -0.05) is 112 Å². The summed E-state index contributed by atoms with van der Waals surface area (Å²) >= 11 is 3.44. The Hall–Kier alpha value is -5.00. The highest BCUT2D eigenvalue weighted by Crippen LogP contribution is 2.42. The van der Waals surface area contributed by atoms with Gasteiger partial charge in [0.15, 0.2) is 0 Å². The van der Waals surface area contributed by atoms with Gasteiger partial charge in [0.1, 0.15) is 5.60 Å². The van der Waals surface area contributed by atoms with Crippen molar-refractivity contribution in [3.05, 3.63) is 187 Å². The van der Waals surface area contributed by atoms with Gasteiger partial charge in [-0.25, -0.2) is 4.98 Å². The predicted molar refractivity (Wildman–Crippen MR) is 259 cm³/mol. The van der Waals surface area contributed by atoms with E-state index < -0.39 is 11.7 Å². The summed E-state index contributed by atoms with van der Waals surface area (Å²) in [6.07, 6.45) is 12.0. The zero-order chi connectivity index (χ0) is 44.8. The van der Waals surface area contributed by atoms with Gasteiger partial charge in [0, 0.05) is 53.0 Å². The highest BCUT2D eigenvalue weighted by Gasteiger charge is 2.41. The highest BCUT2D eigenvalue weighted by atomic mass is 79.9. The number of hydrogen-bond donors (Lipinski definition) is 4. The van der Waals surface area contributed by atoms with Crippen LogP contribution in [0.3, 0.4) is 0 Å². The Morgan fingerprint density at radius 1 is 0.810 bits per heavy atom. The molecule has 0 amide bonds. The maximum Gasteiger partial charge on any atom is 0.255 e. The molecule has 1 atom stereocenters. The van der Waals surface area contributed by atoms with Crippen molar-refractivity contribution in [2.45, 2.75) is 103 Å². The SMILES string of the molecule is CC(C)(C)c1ccc(C(O)CCCN2CCC(C(O)(c3ccccc3)c3ccccc3)CC2)cc1.Cc1ccc(Cc2cnc(NCCCCc3ncc(Br)cc3C)[nH]c2=O)cn1. The lowest BCUT2D eigenvalue weighted by molar-refractivity contribution is -0.0146. The quantitative estimate of drug-likeness (QED) is 0.0707. The number of halogens is 1. The first kappa shape index (κ1) is 47.5. The first-order chi connectivity index (χ1) is 30.3. The molecule has 332 valence electrons. The van der Waals surface area contributed by atoms with Crippen LogP contribution in [0.5, 0.6) is 0 Å². The van der Waals surface area contributed by atoms with Gasteiger partial charge < -0.3 is 20.4 Å². The van der Waals surface area contributed by atoms with Crippen molar-refractivity contribution in [1.82, 2.24) is 24.8 Å². The van der Waals surface area contributed by atoms with Crippen molar-refractivity contribution in [1.29, 1.82) is 0 Å². The van der Waals surface area contributed by atoms with Crippen molar-refractivity contribution in [3.63, 3.8) is 0 Å².